The Morgan fingerprint density at radius 1 is 1.27 bits per heavy atom. The molecule has 4 rings (SSSR count). The number of likely N-dealkylation sites (tertiary alicyclic amines) is 1. The minimum Gasteiger partial charge on any atom is -0.384 e. The minimum atomic E-state index is -1.45. The van der Waals surface area contributed by atoms with Crippen molar-refractivity contribution >= 4 is 16.9 Å². The van der Waals surface area contributed by atoms with Gasteiger partial charge in [-0.25, -0.2) is 13.8 Å². The first kappa shape index (κ1) is 23.3. The molecule has 1 aromatic carbocycles. The lowest BCUT2D eigenvalue weighted by molar-refractivity contribution is -0.150. The van der Waals surface area contributed by atoms with Crippen molar-refractivity contribution in [3.63, 3.8) is 0 Å². The number of aryl methyl sites for hydroxylation is 1. The fraction of sp³-hybridized carbons (Fsp3) is 0.440. The zero-order valence-corrected chi connectivity index (χ0v) is 19.5. The molecular formula is C25H30F2N4O2. The number of likely N-dealkylation sites (N-methyl/N-ethyl adjacent to an activating group) is 1. The van der Waals surface area contributed by atoms with Crippen LogP contribution in [0.3, 0.4) is 0 Å². The van der Waals surface area contributed by atoms with E-state index in [2.05, 4.69) is 15.3 Å². The predicted molar refractivity (Wildman–Crippen MR) is 124 cm³/mol. The van der Waals surface area contributed by atoms with Crippen LogP contribution in [0.15, 0.2) is 30.6 Å². The van der Waals surface area contributed by atoms with Crippen LogP contribution in [0.4, 0.5) is 8.78 Å². The molecule has 0 saturated carbocycles. The number of fused-ring (bicyclic) bond motifs is 1. The highest BCUT2D eigenvalue weighted by Gasteiger charge is 2.49. The summed E-state index contributed by atoms with van der Waals surface area (Å²) in [7, 11) is 1.73. The Morgan fingerprint density at radius 3 is 2.55 bits per heavy atom. The number of carbonyl (C=O) groups excluding carboxylic acids is 1. The Bertz CT molecular complexity index is 1170. The van der Waals surface area contributed by atoms with Crippen LogP contribution in [-0.2, 0) is 10.4 Å². The summed E-state index contributed by atoms with van der Waals surface area (Å²) >= 11 is 0. The number of rotatable bonds is 4. The lowest BCUT2D eigenvalue weighted by Crippen LogP contribution is -2.58. The molecule has 3 N–H and O–H groups in total. The molecule has 2 aromatic heterocycles. The number of aromatic nitrogens is 2. The fourth-order valence-corrected chi connectivity index (χ4v) is 5.23. The standard InChI is InChI=1S/C25H30F2N4O2/c1-13-8-17(18-6-7-29-23-21(18)20(27)10-30-23)9-19(26)22(13)25(33)14(2)11-31(12-15(25)3)24(32)16(4)28-5/h6-10,14-16,28,33H,11-12H2,1-5H3,(H,29,30)/t14-,15+,16-,25-/m1/s1. The van der Waals surface area contributed by atoms with Gasteiger partial charge in [-0.1, -0.05) is 19.9 Å². The number of carbonyl (C=O) groups is 1. The quantitative estimate of drug-likeness (QED) is 0.559. The third-order valence-electron chi connectivity index (χ3n) is 7.13. The van der Waals surface area contributed by atoms with Gasteiger partial charge in [0.15, 0.2) is 5.82 Å². The van der Waals surface area contributed by atoms with Gasteiger partial charge in [0.2, 0.25) is 5.91 Å². The molecule has 33 heavy (non-hydrogen) atoms. The highest BCUT2D eigenvalue weighted by Crippen LogP contribution is 2.45. The van der Waals surface area contributed by atoms with Crippen LogP contribution < -0.4 is 5.32 Å². The van der Waals surface area contributed by atoms with E-state index in [0.717, 1.165) is 0 Å². The first-order valence-electron chi connectivity index (χ1n) is 11.2. The molecular weight excluding hydrogens is 426 g/mol. The van der Waals surface area contributed by atoms with Crippen molar-refractivity contribution in [2.24, 2.45) is 11.8 Å². The van der Waals surface area contributed by atoms with Crippen molar-refractivity contribution in [3.05, 3.63) is 53.4 Å². The van der Waals surface area contributed by atoms with Crippen molar-refractivity contribution in [1.82, 2.24) is 20.2 Å². The van der Waals surface area contributed by atoms with Gasteiger partial charge in [-0.3, -0.25) is 4.79 Å². The fourth-order valence-electron chi connectivity index (χ4n) is 5.23. The molecule has 1 aliphatic rings. The van der Waals surface area contributed by atoms with Gasteiger partial charge in [0.05, 0.1) is 11.4 Å². The largest absolute Gasteiger partial charge is 0.384 e. The molecule has 4 atom stereocenters. The van der Waals surface area contributed by atoms with E-state index < -0.39 is 17.2 Å². The zero-order valence-electron chi connectivity index (χ0n) is 19.5. The highest BCUT2D eigenvalue weighted by atomic mass is 19.1. The van der Waals surface area contributed by atoms with E-state index in [-0.39, 0.29) is 29.3 Å². The van der Waals surface area contributed by atoms with Gasteiger partial charge in [0.1, 0.15) is 17.1 Å². The Kier molecular flexibility index (Phi) is 6.01. The smallest absolute Gasteiger partial charge is 0.239 e. The number of halogens is 2. The first-order chi connectivity index (χ1) is 15.6. The van der Waals surface area contributed by atoms with Crippen molar-refractivity contribution in [2.75, 3.05) is 20.1 Å². The molecule has 3 aromatic rings. The molecule has 8 heteroatoms. The second kappa shape index (κ2) is 8.50. The number of hydrogen-bond donors (Lipinski definition) is 3. The number of hydrogen-bond acceptors (Lipinski definition) is 4. The average molecular weight is 457 g/mol. The molecule has 1 saturated heterocycles. The number of piperidine rings is 1. The number of pyridine rings is 1. The van der Waals surface area contributed by atoms with Crippen LogP contribution in [0, 0.1) is 30.4 Å². The van der Waals surface area contributed by atoms with Crippen molar-refractivity contribution in [3.8, 4) is 11.1 Å². The second-order valence-corrected chi connectivity index (χ2v) is 9.25. The summed E-state index contributed by atoms with van der Waals surface area (Å²) in [5.41, 5.74) is 0.802. The summed E-state index contributed by atoms with van der Waals surface area (Å²) < 4.78 is 30.0. The van der Waals surface area contributed by atoms with E-state index in [1.807, 2.05) is 13.8 Å². The van der Waals surface area contributed by atoms with Crippen LogP contribution >= 0.6 is 0 Å². The van der Waals surface area contributed by atoms with E-state index in [4.69, 9.17) is 0 Å². The second-order valence-electron chi connectivity index (χ2n) is 9.25. The number of nitrogens with one attached hydrogen (secondary N) is 2. The molecule has 0 bridgehead atoms. The van der Waals surface area contributed by atoms with E-state index in [1.54, 1.807) is 44.1 Å². The van der Waals surface area contributed by atoms with Crippen molar-refractivity contribution in [2.45, 2.75) is 39.3 Å². The van der Waals surface area contributed by atoms with Gasteiger partial charge in [0.25, 0.3) is 0 Å². The van der Waals surface area contributed by atoms with E-state index in [0.29, 0.717) is 40.8 Å². The highest BCUT2D eigenvalue weighted by molar-refractivity contribution is 5.93. The molecule has 3 heterocycles. The molecule has 0 radical (unpaired) electrons. The third kappa shape index (κ3) is 3.71. The SMILES string of the molecule is CN[C@H](C)C(=O)N1C[C@@H](C)[C@](O)(c2c(C)cc(-c3ccnc4[nH]cc(F)c34)cc2F)[C@@H](C)C1. The van der Waals surface area contributed by atoms with Gasteiger partial charge in [-0.15, -0.1) is 0 Å². The van der Waals surface area contributed by atoms with E-state index in [1.165, 1.54) is 12.3 Å². The number of aromatic amines is 1. The zero-order chi connectivity index (χ0) is 24.1. The summed E-state index contributed by atoms with van der Waals surface area (Å²) in [5, 5.41) is 15.1. The molecule has 0 unspecified atom stereocenters. The Morgan fingerprint density at radius 2 is 1.94 bits per heavy atom. The van der Waals surface area contributed by atoms with Crippen LogP contribution in [-0.4, -0.2) is 52.1 Å². The first-order valence-corrected chi connectivity index (χ1v) is 11.2. The van der Waals surface area contributed by atoms with Gasteiger partial charge in [-0.05, 0) is 49.7 Å². The van der Waals surface area contributed by atoms with Gasteiger partial charge >= 0.3 is 0 Å². The number of aliphatic hydroxyl groups is 1. The number of benzene rings is 1. The van der Waals surface area contributed by atoms with Gasteiger partial charge < -0.3 is 20.3 Å². The summed E-state index contributed by atoms with van der Waals surface area (Å²) in [6.07, 6.45) is 2.78. The van der Waals surface area contributed by atoms with E-state index in [9.17, 15) is 14.3 Å². The normalized spacial score (nSPS) is 24.3. The van der Waals surface area contributed by atoms with Crippen LogP contribution in [0.2, 0.25) is 0 Å². The van der Waals surface area contributed by atoms with Crippen molar-refractivity contribution in [1.29, 1.82) is 0 Å². The van der Waals surface area contributed by atoms with Crippen LogP contribution in [0.1, 0.15) is 31.9 Å². The summed E-state index contributed by atoms with van der Waals surface area (Å²) in [6.45, 7) is 7.89. The molecule has 1 aliphatic heterocycles. The summed E-state index contributed by atoms with van der Waals surface area (Å²) in [4.78, 5) is 21.3. The Labute approximate surface area is 192 Å². The predicted octanol–water partition coefficient (Wildman–Crippen LogP) is 3.73. The lowest BCUT2D eigenvalue weighted by atomic mass is 9.69. The van der Waals surface area contributed by atoms with Crippen molar-refractivity contribution < 1.29 is 18.7 Å². The maximum atomic E-state index is 15.7. The number of H-pyrrole nitrogens is 1. The maximum Gasteiger partial charge on any atom is 0.239 e. The molecule has 0 aliphatic carbocycles. The molecule has 176 valence electrons. The third-order valence-corrected chi connectivity index (χ3v) is 7.13. The van der Waals surface area contributed by atoms with Crippen LogP contribution in [0.5, 0.6) is 0 Å². The maximum absolute atomic E-state index is 15.7. The van der Waals surface area contributed by atoms with Gasteiger partial charge in [-0.2, -0.15) is 0 Å². The Balaban J connectivity index is 1.74. The lowest BCUT2D eigenvalue weighted by Gasteiger charge is -2.49. The number of amides is 1. The summed E-state index contributed by atoms with van der Waals surface area (Å²) in [6, 6.07) is 4.44. The summed E-state index contributed by atoms with van der Waals surface area (Å²) in [5.74, 6) is -1.81. The average Bonchev–Trinajstić information content (AvgIpc) is 3.16. The molecule has 6 nitrogen and oxygen atoms in total. The topological polar surface area (TPSA) is 81.2 Å². The Hall–Kier alpha value is -2.84. The van der Waals surface area contributed by atoms with Crippen LogP contribution in [0.25, 0.3) is 22.2 Å². The minimum absolute atomic E-state index is 0.0407. The van der Waals surface area contributed by atoms with Gasteiger partial charge in [0, 0.05) is 42.9 Å². The molecule has 0 spiro atoms. The molecule has 1 fully saturated rings. The number of nitrogens with zero attached hydrogens (tertiary/aromatic N) is 2. The monoisotopic (exact) mass is 456 g/mol. The molecule has 1 amide bonds. The van der Waals surface area contributed by atoms with E-state index >= 15 is 4.39 Å².